The van der Waals surface area contributed by atoms with Gasteiger partial charge < -0.3 is 4.90 Å². The van der Waals surface area contributed by atoms with Crippen molar-refractivity contribution in [2.24, 2.45) is 11.3 Å². The molecule has 0 aliphatic carbocycles. The fraction of sp³-hybridized carbons (Fsp3) is 1.00. The topological polar surface area (TPSA) is 9.72 Å². The summed E-state index contributed by atoms with van der Waals surface area (Å²) in [6, 6.07) is 0.794. The van der Waals surface area contributed by atoms with Gasteiger partial charge in [-0.2, -0.15) is 0 Å². The Bertz CT molecular complexity index is 339. The maximum Gasteiger partial charge on any atom is 0.0347 e. The Kier molecular flexibility index (Phi) is 5.62. The molecule has 2 heterocycles. The van der Waals surface area contributed by atoms with Gasteiger partial charge in [-0.15, -0.1) is 0 Å². The molecule has 0 aromatic heterocycles. The number of likely N-dealkylation sites (N-methyl/N-ethyl adjacent to an activating group) is 1. The molecule has 2 aliphatic rings. The third-order valence-electron chi connectivity index (χ3n) is 5.37. The Labute approximate surface area is 139 Å². The van der Waals surface area contributed by atoms with E-state index in [-0.39, 0.29) is 0 Å². The summed E-state index contributed by atoms with van der Waals surface area (Å²) in [7, 11) is 2.34. The van der Waals surface area contributed by atoms with Crippen molar-refractivity contribution in [1.29, 1.82) is 0 Å². The number of rotatable bonds is 4. The zero-order valence-electron chi connectivity index (χ0n) is 16.2. The lowest BCUT2D eigenvalue weighted by atomic mass is 9.91. The summed E-state index contributed by atoms with van der Waals surface area (Å²) in [5.41, 5.74) is 0.779. The molecule has 130 valence electrons. The van der Waals surface area contributed by atoms with E-state index in [4.69, 9.17) is 0 Å². The highest BCUT2D eigenvalue weighted by atomic mass is 15.3. The fourth-order valence-corrected chi connectivity index (χ4v) is 3.96. The van der Waals surface area contributed by atoms with Crippen LogP contribution < -0.4 is 0 Å². The summed E-state index contributed by atoms with van der Waals surface area (Å²) in [5.74, 6) is 0.903. The molecule has 3 heteroatoms. The van der Waals surface area contributed by atoms with E-state index in [1.807, 2.05) is 0 Å². The first kappa shape index (κ1) is 18.2. The largest absolute Gasteiger partial charge is 0.301 e. The number of piperidine rings is 1. The van der Waals surface area contributed by atoms with Crippen LogP contribution >= 0.6 is 0 Å². The van der Waals surface area contributed by atoms with E-state index < -0.39 is 0 Å². The lowest BCUT2D eigenvalue weighted by molar-refractivity contribution is 0.0101. The fourth-order valence-electron chi connectivity index (χ4n) is 3.96. The summed E-state index contributed by atoms with van der Waals surface area (Å²) in [6.07, 6.45) is 2.75. The summed E-state index contributed by atoms with van der Waals surface area (Å²) >= 11 is 0. The smallest absolute Gasteiger partial charge is 0.0347 e. The summed E-state index contributed by atoms with van der Waals surface area (Å²) in [4.78, 5) is 7.90. The van der Waals surface area contributed by atoms with Crippen molar-refractivity contribution in [1.82, 2.24) is 14.7 Å². The molecule has 0 radical (unpaired) electrons. The molecule has 0 amide bonds. The summed E-state index contributed by atoms with van der Waals surface area (Å²) in [6.45, 7) is 21.7. The van der Waals surface area contributed by atoms with Crippen molar-refractivity contribution in [2.75, 3.05) is 46.3 Å². The first-order chi connectivity index (χ1) is 10.0. The van der Waals surface area contributed by atoms with Crippen molar-refractivity contribution in [3.05, 3.63) is 0 Å². The molecule has 22 heavy (non-hydrogen) atoms. The van der Waals surface area contributed by atoms with Crippen LogP contribution in [0.3, 0.4) is 0 Å². The van der Waals surface area contributed by atoms with Gasteiger partial charge in [0.15, 0.2) is 0 Å². The van der Waals surface area contributed by atoms with Crippen LogP contribution in [0.5, 0.6) is 0 Å². The van der Waals surface area contributed by atoms with Crippen LogP contribution in [0.25, 0.3) is 0 Å². The van der Waals surface area contributed by atoms with Crippen LogP contribution in [0.4, 0.5) is 0 Å². The Morgan fingerprint density at radius 3 is 1.95 bits per heavy atom. The molecule has 2 saturated heterocycles. The van der Waals surface area contributed by atoms with Gasteiger partial charge in [-0.1, -0.05) is 20.8 Å². The van der Waals surface area contributed by atoms with Gasteiger partial charge in [0.25, 0.3) is 0 Å². The van der Waals surface area contributed by atoms with Gasteiger partial charge in [0.1, 0.15) is 0 Å². The van der Waals surface area contributed by atoms with E-state index in [0.29, 0.717) is 11.0 Å². The second kappa shape index (κ2) is 6.78. The molecule has 2 aliphatic heterocycles. The molecule has 0 unspecified atom stereocenters. The Morgan fingerprint density at radius 2 is 1.50 bits per heavy atom. The quantitative estimate of drug-likeness (QED) is 0.790. The van der Waals surface area contributed by atoms with Crippen LogP contribution in [0, 0.1) is 11.3 Å². The highest BCUT2D eigenvalue weighted by molar-refractivity contribution is 4.90. The molecule has 0 aromatic carbocycles. The number of hydrogen-bond acceptors (Lipinski definition) is 3. The van der Waals surface area contributed by atoms with Gasteiger partial charge in [-0.3, -0.25) is 9.80 Å². The van der Waals surface area contributed by atoms with Crippen molar-refractivity contribution < 1.29 is 0 Å². The molecule has 0 N–H and O–H groups in total. The van der Waals surface area contributed by atoms with Crippen LogP contribution in [0.15, 0.2) is 0 Å². The maximum absolute atomic E-state index is 2.65. The molecule has 0 bridgehead atoms. The van der Waals surface area contributed by atoms with Crippen molar-refractivity contribution >= 4 is 0 Å². The average molecular weight is 310 g/mol. The average Bonchev–Trinajstić information content (AvgIpc) is 2.31. The minimum Gasteiger partial charge on any atom is -0.301 e. The van der Waals surface area contributed by atoms with E-state index in [0.717, 1.165) is 12.0 Å². The lowest BCUT2D eigenvalue weighted by Crippen LogP contribution is -2.60. The maximum atomic E-state index is 2.65. The van der Waals surface area contributed by atoms with E-state index in [9.17, 15) is 0 Å². The van der Waals surface area contributed by atoms with Crippen molar-refractivity contribution in [2.45, 2.75) is 66.0 Å². The van der Waals surface area contributed by atoms with Crippen LogP contribution in [0.1, 0.15) is 54.4 Å². The van der Waals surface area contributed by atoms with E-state index in [1.165, 1.54) is 52.1 Å². The Morgan fingerprint density at radius 1 is 0.955 bits per heavy atom. The predicted molar refractivity (Wildman–Crippen MR) is 96.4 cm³/mol. The number of nitrogens with zero attached hydrogens (tertiary/aromatic N) is 3. The molecule has 2 rings (SSSR count). The van der Waals surface area contributed by atoms with Gasteiger partial charge in [0.05, 0.1) is 0 Å². The van der Waals surface area contributed by atoms with Crippen molar-refractivity contribution in [3.8, 4) is 0 Å². The third kappa shape index (κ3) is 5.21. The molecule has 3 nitrogen and oxygen atoms in total. The zero-order valence-corrected chi connectivity index (χ0v) is 16.2. The minimum absolute atomic E-state index is 0.346. The predicted octanol–water partition coefficient (Wildman–Crippen LogP) is 3.16. The summed E-state index contributed by atoms with van der Waals surface area (Å²) < 4.78 is 0. The Balaban J connectivity index is 1.66. The first-order valence-electron chi connectivity index (χ1n) is 9.22. The first-order valence-corrected chi connectivity index (χ1v) is 9.22. The number of hydrogen-bond donors (Lipinski definition) is 0. The van der Waals surface area contributed by atoms with Crippen LogP contribution in [-0.2, 0) is 0 Å². The number of likely N-dealkylation sites (tertiary alicyclic amines) is 2. The zero-order chi connectivity index (χ0) is 16.5. The molecule has 0 aromatic rings. The molecule has 2 fully saturated rings. The lowest BCUT2D eigenvalue weighted by Gasteiger charge is -2.48. The monoisotopic (exact) mass is 309 g/mol. The van der Waals surface area contributed by atoms with Gasteiger partial charge in [-0.25, -0.2) is 0 Å². The minimum atomic E-state index is 0.346. The van der Waals surface area contributed by atoms with Crippen LogP contribution in [-0.4, -0.2) is 72.6 Å². The highest BCUT2D eigenvalue weighted by Gasteiger charge is 2.34. The van der Waals surface area contributed by atoms with Crippen molar-refractivity contribution in [3.63, 3.8) is 0 Å². The van der Waals surface area contributed by atoms with Gasteiger partial charge in [0, 0.05) is 37.8 Å². The van der Waals surface area contributed by atoms with E-state index in [2.05, 4.69) is 63.3 Å². The molecule has 0 saturated carbocycles. The Hall–Kier alpha value is -0.120. The summed E-state index contributed by atoms with van der Waals surface area (Å²) in [5, 5.41) is 0. The highest BCUT2D eigenvalue weighted by Crippen LogP contribution is 2.26. The van der Waals surface area contributed by atoms with Gasteiger partial charge in [0.2, 0.25) is 0 Å². The molecule has 0 spiro atoms. The molecule has 0 atom stereocenters. The van der Waals surface area contributed by atoms with Gasteiger partial charge in [-0.05, 0) is 65.1 Å². The normalized spacial score (nSPS) is 24.0. The van der Waals surface area contributed by atoms with Gasteiger partial charge >= 0.3 is 0 Å². The van der Waals surface area contributed by atoms with E-state index in [1.54, 1.807) is 0 Å². The molecular weight excluding hydrogens is 270 g/mol. The standard InChI is InChI=1S/C19H39N3/c1-18(2,3)15-21-13-17(14-21)20(7)12-16-8-10-22(11-9-16)19(4,5)6/h16-17H,8-15H2,1-7H3. The van der Waals surface area contributed by atoms with E-state index >= 15 is 0 Å². The molecular formula is C19H39N3. The SMILES string of the molecule is CN(CC1CCN(C(C)(C)C)CC1)C1CN(CC(C)(C)C)C1. The second-order valence-corrected chi connectivity index (χ2v) is 9.95. The van der Waals surface area contributed by atoms with Crippen LogP contribution in [0.2, 0.25) is 0 Å². The third-order valence-corrected chi connectivity index (χ3v) is 5.37. The second-order valence-electron chi connectivity index (χ2n) is 9.95.